The van der Waals surface area contributed by atoms with Crippen LogP contribution in [0.2, 0.25) is 0 Å². The Morgan fingerprint density at radius 1 is 1.19 bits per heavy atom. The van der Waals surface area contributed by atoms with Crippen LogP contribution in [0.5, 0.6) is 5.75 Å². The summed E-state index contributed by atoms with van der Waals surface area (Å²) in [7, 11) is 2.14. The van der Waals surface area contributed by atoms with E-state index in [9.17, 15) is 4.79 Å². The molecule has 1 fully saturated rings. The lowest BCUT2D eigenvalue weighted by atomic mass is 10.2. The van der Waals surface area contributed by atoms with Crippen LogP contribution < -0.4 is 15.0 Å². The average molecular weight is 433 g/mol. The third-order valence-electron chi connectivity index (χ3n) is 4.60. The summed E-state index contributed by atoms with van der Waals surface area (Å²) in [5.41, 5.74) is 0.970. The largest absolute Gasteiger partial charge is 0.481 e. The molecule has 1 N–H and O–H groups in total. The maximum Gasteiger partial charge on any atom is 0.261 e. The zero-order valence-corrected chi connectivity index (χ0v) is 17.3. The van der Waals surface area contributed by atoms with Gasteiger partial charge in [0.15, 0.2) is 6.10 Å². The molecular formula is C20H25BrN4O2. The molecule has 144 valence electrons. The highest BCUT2D eigenvalue weighted by Gasteiger charge is 2.16. The van der Waals surface area contributed by atoms with Crippen molar-refractivity contribution in [3.63, 3.8) is 0 Å². The van der Waals surface area contributed by atoms with Gasteiger partial charge in [0.2, 0.25) is 0 Å². The first-order chi connectivity index (χ1) is 13.0. The molecule has 1 saturated heterocycles. The molecule has 3 rings (SSSR count). The van der Waals surface area contributed by atoms with Crippen molar-refractivity contribution in [1.82, 2.24) is 15.2 Å². The van der Waals surface area contributed by atoms with Crippen LogP contribution in [0.3, 0.4) is 0 Å². The van der Waals surface area contributed by atoms with Crippen LogP contribution in [-0.4, -0.2) is 55.1 Å². The number of nitrogens with zero attached hydrogens (tertiary/aromatic N) is 3. The summed E-state index contributed by atoms with van der Waals surface area (Å²) >= 11 is 3.38. The molecule has 1 aliphatic rings. The summed E-state index contributed by atoms with van der Waals surface area (Å²) < 4.78 is 6.64. The molecule has 1 amide bonds. The quantitative estimate of drug-likeness (QED) is 0.760. The first-order valence-electron chi connectivity index (χ1n) is 9.09. The molecule has 0 spiro atoms. The Kier molecular flexibility index (Phi) is 6.68. The number of aromatic nitrogens is 1. The van der Waals surface area contributed by atoms with Crippen LogP contribution in [0, 0.1) is 0 Å². The molecule has 1 unspecified atom stereocenters. The zero-order chi connectivity index (χ0) is 19.2. The summed E-state index contributed by atoms with van der Waals surface area (Å²) in [6.45, 7) is 6.26. The van der Waals surface area contributed by atoms with Crippen LogP contribution in [-0.2, 0) is 11.3 Å². The summed E-state index contributed by atoms with van der Waals surface area (Å²) in [6.07, 6.45) is 1.26. The molecule has 0 saturated carbocycles. The van der Waals surface area contributed by atoms with Gasteiger partial charge >= 0.3 is 0 Å². The highest BCUT2D eigenvalue weighted by atomic mass is 79.9. The summed E-state index contributed by atoms with van der Waals surface area (Å²) in [6, 6.07) is 11.5. The number of piperazine rings is 1. The number of halogens is 1. The van der Waals surface area contributed by atoms with Gasteiger partial charge in [0.1, 0.15) is 11.6 Å². The van der Waals surface area contributed by atoms with Crippen molar-refractivity contribution in [1.29, 1.82) is 0 Å². The van der Waals surface area contributed by atoms with E-state index in [1.165, 1.54) is 0 Å². The fraction of sp³-hybridized carbons (Fsp3) is 0.400. The van der Waals surface area contributed by atoms with Crippen LogP contribution in [0.1, 0.15) is 12.5 Å². The van der Waals surface area contributed by atoms with E-state index in [-0.39, 0.29) is 5.91 Å². The monoisotopic (exact) mass is 432 g/mol. The minimum atomic E-state index is -0.566. The second kappa shape index (κ2) is 9.19. The number of hydrogen-bond acceptors (Lipinski definition) is 5. The molecule has 6 nitrogen and oxygen atoms in total. The number of nitrogens with one attached hydrogen (secondary N) is 1. The molecule has 2 heterocycles. The topological polar surface area (TPSA) is 57.7 Å². The second-order valence-electron chi connectivity index (χ2n) is 6.75. The predicted molar refractivity (Wildman–Crippen MR) is 110 cm³/mol. The van der Waals surface area contributed by atoms with Gasteiger partial charge in [0.25, 0.3) is 5.91 Å². The van der Waals surface area contributed by atoms with Crippen molar-refractivity contribution in [3.05, 3.63) is 52.6 Å². The van der Waals surface area contributed by atoms with Gasteiger partial charge < -0.3 is 19.9 Å². The van der Waals surface area contributed by atoms with Crippen LogP contribution in [0.15, 0.2) is 47.1 Å². The van der Waals surface area contributed by atoms with E-state index in [4.69, 9.17) is 4.74 Å². The Labute approximate surface area is 168 Å². The maximum atomic E-state index is 12.3. The number of carbonyl (C=O) groups excluding carboxylic acids is 1. The first kappa shape index (κ1) is 19.6. The van der Waals surface area contributed by atoms with E-state index < -0.39 is 6.10 Å². The maximum absolute atomic E-state index is 12.3. The van der Waals surface area contributed by atoms with Gasteiger partial charge in [-0.3, -0.25) is 4.79 Å². The number of hydrogen-bond donors (Lipinski definition) is 1. The van der Waals surface area contributed by atoms with Gasteiger partial charge in [0.05, 0.1) is 0 Å². The smallest absolute Gasteiger partial charge is 0.261 e. The van der Waals surface area contributed by atoms with Gasteiger partial charge in [0, 0.05) is 43.4 Å². The summed E-state index contributed by atoms with van der Waals surface area (Å²) in [5.74, 6) is 1.50. The number of pyridine rings is 1. The molecule has 7 heteroatoms. The normalized spacial score (nSPS) is 16.0. The molecule has 0 radical (unpaired) electrons. The average Bonchev–Trinajstić information content (AvgIpc) is 2.69. The molecule has 1 atom stereocenters. The van der Waals surface area contributed by atoms with Crippen LogP contribution in [0.4, 0.5) is 5.82 Å². The minimum absolute atomic E-state index is 0.152. The fourth-order valence-corrected chi connectivity index (χ4v) is 3.11. The fourth-order valence-electron chi connectivity index (χ4n) is 2.85. The van der Waals surface area contributed by atoms with Crippen LogP contribution >= 0.6 is 15.9 Å². The number of benzene rings is 1. The van der Waals surface area contributed by atoms with Crippen molar-refractivity contribution < 1.29 is 9.53 Å². The third-order valence-corrected chi connectivity index (χ3v) is 5.13. The Morgan fingerprint density at radius 2 is 1.89 bits per heavy atom. The summed E-state index contributed by atoms with van der Waals surface area (Å²) in [5, 5.41) is 2.90. The SMILES string of the molecule is CC(Oc1ccc(Br)cc1)C(=O)NCc1ccc(N2CCN(C)CC2)nc1. The Morgan fingerprint density at radius 3 is 2.52 bits per heavy atom. The molecule has 1 aromatic carbocycles. The van der Waals surface area contributed by atoms with E-state index in [1.54, 1.807) is 6.92 Å². The molecular weight excluding hydrogens is 408 g/mol. The highest BCUT2D eigenvalue weighted by Crippen LogP contribution is 2.17. The number of ether oxygens (including phenoxy) is 1. The number of likely N-dealkylation sites (N-methyl/N-ethyl adjacent to an activating group) is 1. The van der Waals surface area contributed by atoms with Gasteiger partial charge in [-0.05, 0) is 49.9 Å². The third kappa shape index (κ3) is 5.68. The van der Waals surface area contributed by atoms with Gasteiger partial charge in [-0.25, -0.2) is 4.98 Å². The van der Waals surface area contributed by atoms with E-state index in [1.807, 2.05) is 42.6 Å². The van der Waals surface area contributed by atoms with Crippen LogP contribution in [0.25, 0.3) is 0 Å². The number of rotatable bonds is 6. The highest BCUT2D eigenvalue weighted by molar-refractivity contribution is 9.10. The lowest BCUT2D eigenvalue weighted by Gasteiger charge is -2.33. The van der Waals surface area contributed by atoms with E-state index >= 15 is 0 Å². The Balaban J connectivity index is 1.47. The number of amides is 1. The van der Waals surface area contributed by atoms with Crippen molar-refractivity contribution in [2.75, 3.05) is 38.1 Å². The second-order valence-corrected chi connectivity index (χ2v) is 7.66. The summed E-state index contributed by atoms with van der Waals surface area (Å²) in [4.78, 5) is 21.4. The number of carbonyl (C=O) groups is 1. The number of anilines is 1. The lowest BCUT2D eigenvalue weighted by molar-refractivity contribution is -0.127. The minimum Gasteiger partial charge on any atom is -0.481 e. The zero-order valence-electron chi connectivity index (χ0n) is 15.7. The molecule has 27 heavy (non-hydrogen) atoms. The molecule has 1 aromatic heterocycles. The molecule has 0 aliphatic carbocycles. The van der Waals surface area contributed by atoms with Crippen molar-refractivity contribution in [3.8, 4) is 5.75 Å². The molecule has 2 aromatic rings. The van der Waals surface area contributed by atoms with Crippen molar-refractivity contribution in [2.24, 2.45) is 0 Å². The van der Waals surface area contributed by atoms with Crippen molar-refractivity contribution >= 4 is 27.7 Å². The van der Waals surface area contributed by atoms with E-state index in [0.717, 1.165) is 42.0 Å². The van der Waals surface area contributed by atoms with Gasteiger partial charge in [-0.2, -0.15) is 0 Å². The molecule has 1 aliphatic heterocycles. The Bertz CT molecular complexity index is 744. The van der Waals surface area contributed by atoms with E-state index in [2.05, 4.69) is 43.1 Å². The van der Waals surface area contributed by atoms with Gasteiger partial charge in [-0.15, -0.1) is 0 Å². The lowest BCUT2D eigenvalue weighted by Crippen LogP contribution is -2.44. The van der Waals surface area contributed by atoms with E-state index in [0.29, 0.717) is 12.3 Å². The van der Waals surface area contributed by atoms with Crippen molar-refractivity contribution in [2.45, 2.75) is 19.6 Å². The Hall–Kier alpha value is -2.12. The van der Waals surface area contributed by atoms with Gasteiger partial charge in [-0.1, -0.05) is 22.0 Å². The standard InChI is InChI=1S/C20H25BrN4O2/c1-15(27-18-6-4-17(21)5-7-18)20(26)23-14-16-3-8-19(22-13-16)25-11-9-24(2)10-12-25/h3-8,13,15H,9-12,14H2,1-2H3,(H,23,26). The predicted octanol–water partition coefficient (Wildman–Crippen LogP) is 2.68. The first-order valence-corrected chi connectivity index (χ1v) is 9.89. The molecule has 0 bridgehead atoms.